The number of fused-ring (bicyclic) bond motifs is 7. The second kappa shape index (κ2) is 9.06. The van der Waals surface area contributed by atoms with E-state index in [4.69, 9.17) is 4.43 Å². The maximum Gasteiger partial charge on any atom is 0.192 e. The number of hydrogen-bond acceptors (Lipinski definition) is 2. The fraction of sp³-hybridized carbons (Fsp3) is 0.815. The summed E-state index contributed by atoms with van der Waals surface area (Å²) < 4.78 is 7.09. The third-order valence-corrected chi connectivity index (χ3v) is 12.8. The largest absolute Gasteiger partial charge is 0.410 e. The van der Waals surface area contributed by atoms with Gasteiger partial charge in [-0.1, -0.05) is 66.2 Å². The van der Waals surface area contributed by atoms with Crippen molar-refractivity contribution in [3.8, 4) is 0 Å². The van der Waals surface area contributed by atoms with Crippen LogP contribution in [0.1, 0.15) is 88.0 Å². The third kappa shape index (κ3) is 5.57. The average molecular weight is 433 g/mol. The molecule has 1 saturated carbocycles. The predicted octanol–water partition coefficient (Wildman–Crippen LogP) is 7.96. The summed E-state index contributed by atoms with van der Waals surface area (Å²) in [6.45, 7) is 25.1. The first-order chi connectivity index (χ1) is 13.6. The van der Waals surface area contributed by atoms with Crippen molar-refractivity contribution in [3.63, 3.8) is 0 Å². The van der Waals surface area contributed by atoms with Crippen LogP contribution in [0, 0.1) is 29.1 Å². The summed E-state index contributed by atoms with van der Waals surface area (Å²) in [5, 5.41) is 0.124. The van der Waals surface area contributed by atoms with Crippen molar-refractivity contribution in [2.75, 3.05) is 0 Å². The zero-order valence-corrected chi connectivity index (χ0v) is 22.7. The molecule has 2 bridgehead atoms. The minimum Gasteiger partial charge on any atom is -0.410 e. The van der Waals surface area contributed by atoms with Crippen molar-refractivity contribution < 1.29 is 9.22 Å². The van der Waals surface area contributed by atoms with Gasteiger partial charge in [-0.15, -0.1) is 0 Å². The van der Waals surface area contributed by atoms with Gasteiger partial charge in [-0.2, -0.15) is 0 Å². The molecule has 3 rings (SSSR count). The van der Waals surface area contributed by atoms with E-state index in [1.165, 1.54) is 11.1 Å². The molecular formula is C27H48O2Si. The van der Waals surface area contributed by atoms with Crippen LogP contribution in [0.5, 0.6) is 0 Å². The molecular weight excluding hydrogens is 384 g/mol. The van der Waals surface area contributed by atoms with Crippen molar-refractivity contribution in [1.29, 1.82) is 0 Å². The molecule has 0 N–H and O–H groups in total. The molecule has 0 aliphatic heterocycles. The van der Waals surface area contributed by atoms with E-state index in [1.54, 1.807) is 0 Å². The summed E-state index contributed by atoms with van der Waals surface area (Å²) in [6, 6.07) is 0. The highest BCUT2D eigenvalue weighted by Gasteiger charge is 2.51. The van der Waals surface area contributed by atoms with Crippen molar-refractivity contribution in [1.82, 2.24) is 0 Å². The molecule has 30 heavy (non-hydrogen) atoms. The lowest BCUT2D eigenvalue weighted by atomic mass is 9.57. The summed E-state index contributed by atoms with van der Waals surface area (Å²) in [5.74, 6) is 1.30. The average Bonchev–Trinajstić information content (AvgIpc) is 2.58. The Labute approximate surface area is 188 Å². The van der Waals surface area contributed by atoms with Crippen molar-refractivity contribution in [2.24, 2.45) is 29.1 Å². The maximum atomic E-state index is 13.9. The van der Waals surface area contributed by atoms with E-state index in [0.717, 1.165) is 25.7 Å². The number of carbonyl (C=O) groups is 1. The van der Waals surface area contributed by atoms with Gasteiger partial charge in [-0.25, -0.2) is 0 Å². The van der Waals surface area contributed by atoms with Crippen LogP contribution in [0.2, 0.25) is 18.1 Å². The van der Waals surface area contributed by atoms with Gasteiger partial charge in [0.2, 0.25) is 0 Å². The highest BCUT2D eigenvalue weighted by molar-refractivity contribution is 6.74. The van der Waals surface area contributed by atoms with Gasteiger partial charge in [0.05, 0.1) is 12.0 Å². The molecule has 0 aromatic heterocycles. The lowest BCUT2D eigenvalue weighted by molar-refractivity contribution is -0.141. The van der Waals surface area contributed by atoms with Gasteiger partial charge >= 0.3 is 0 Å². The maximum absolute atomic E-state index is 13.9. The Hall–Kier alpha value is -0.673. The Morgan fingerprint density at radius 1 is 1.03 bits per heavy atom. The second-order valence-electron chi connectivity index (χ2n) is 12.8. The van der Waals surface area contributed by atoms with Gasteiger partial charge in [-0.3, -0.25) is 4.79 Å². The number of rotatable bonds is 2. The minimum atomic E-state index is -2.02. The summed E-state index contributed by atoms with van der Waals surface area (Å²) in [4.78, 5) is 13.9. The quantitative estimate of drug-likeness (QED) is 0.327. The molecule has 2 nitrogen and oxygen atoms in total. The van der Waals surface area contributed by atoms with Gasteiger partial charge in [0.15, 0.2) is 8.32 Å². The lowest BCUT2D eigenvalue weighted by Gasteiger charge is -2.50. The Bertz CT molecular complexity index is 687. The Balaban J connectivity index is 2.62. The summed E-state index contributed by atoms with van der Waals surface area (Å²) in [6.07, 6.45) is 8.97. The summed E-state index contributed by atoms with van der Waals surface area (Å²) >= 11 is 0. The first-order valence-corrected chi connectivity index (χ1v) is 15.0. The number of allylic oxidation sites excluding steroid dienone is 3. The number of ketones is 1. The number of carbonyl (C=O) groups excluding carboxylic acids is 1. The molecule has 3 aliphatic carbocycles. The first-order valence-electron chi connectivity index (χ1n) is 12.1. The Morgan fingerprint density at radius 3 is 2.17 bits per heavy atom. The fourth-order valence-corrected chi connectivity index (χ4v) is 6.33. The topological polar surface area (TPSA) is 26.3 Å². The molecule has 0 heterocycles. The molecule has 0 aromatic rings. The van der Waals surface area contributed by atoms with E-state index in [-0.39, 0.29) is 28.4 Å². The van der Waals surface area contributed by atoms with Crippen LogP contribution in [-0.4, -0.2) is 20.2 Å². The monoisotopic (exact) mass is 432 g/mol. The molecule has 3 heteroatoms. The highest BCUT2D eigenvalue weighted by atomic mass is 28.4. The van der Waals surface area contributed by atoms with Crippen LogP contribution in [0.25, 0.3) is 0 Å². The van der Waals surface area contributed by atoms with Crippen LogP contribution >= 0.6 is 0 Å². The zero-order chi connectivity index (χ0) is 23.1. The number of Topliss-reactive ketones (excluding diaryl/α,β-unsaturated/α-hetero) is 1. The SMILES string of the molecule is C/C1=C/C[C@H]2C[C@H](C(C)(C)C)[C@H](C(=O)C2C)[C@@H](O[Si](C)(C)C(C)(C)C)/C(C)=C\CC1. The van der Waals surface area contributed by atoms with Gasteiger partial charge in [0.25, 0.3) is 0 Å². The highest BCUT2D eigenvalue weighted by Crippen LogP contribution is 2.50. The van der Waals surface area contributed by atoms with Gasteiger partial charge in [0.1, 0.15) is 5.78 Å². The van der Waals surface area contributed by atoms with Crippen molar-refractivity contribution in [2.45, 2.75) is 112 Å². The molecule has 5 atom stereocenters. The normalized spacial score (nSPS) is 35.7. The van der Waals surface area contributed by atoms with E-state index < -0.39 is 8.32 Å². The van der Waals surface area contributed by atoms with Crippen LogP contribution in [-0.2, 0) is 9.22 Å². The lowest BCUT2D eigenvalue weighted by Crippen LogP contribution is -2.54. The molecule has 0 amide bonds. The number of hydrogen-bond donors (Lipinski definition) is 0. The van der Waals surface area contributed by atoms with E-state index in [9.17, 15) is 4.79 Å². The van der Waals surface area contributed by atoms with Crippen molar-refractivity contribution in [3.05, 3.63) is 23.3 Å². The molecule has 1 unspecified atom stereocenters. The van der Waals surface area contributed by atoms with E-state index in [0.29, 0.717) is 17.6 Å². The summed E-state index contributed by atoms with van der Waals surface area (Å²) in [5.41, 5.74) is 2.80. The van der Waals surface area contributed by atoms with E-state index in [1.807, 2.05) is 0 Å². The molecule has 1 fully saturated rings. The molecule has 0 aromatic carbocycles. The fourth-order valence-electron chi connectivity index (χ4n) is 5.01. The van der Waals surface area contributed by atoms with Gasteiger partial charge in [-0.05, 0) is 80.5 Å². The van der Waals surface area contributed by atoms with Crippen LogP contribution in [0.4, 0.5) is 0 Å². The zero-order valence-electron chi connectivity index (χ0n) is 21.7. The second-order valence-corrected chi connectivity index (χ2v) is 17.5. The third-order valence-electron chi connectivity index (χ3n) is 8.36. The molecule has 0 spiro atoms. The molecule has 172 valence electrons. The van der Waals surface area contributed by atoms with Gasteiger partial charge < -0.3 is 4.43 Å². The molecule has 3 aliphatic rings. The predicted molar refractivity (Wildman–Crippen MR) is 132 cm³/mol. The van der Waals surface area contributed by atoms with Crippen LogP contribution in [0.3, 0.4) is 0 Å². The van der Waals surface area contributed by atoms with E-state index in [2.05, 4.69) is 87.6 Å². The Kier molecular flexibility index (Phi) is 7.72. The van der Waals surface area contributed by atoms with E-state index >= 15 is 0 Å². The van der Waals surface area contributed by atoms with Crippen molar-refractivity contribution >= 4 is 14.1 Å². The van der Waals surface area contributed by atoms with Crippen LogP contribution < -0.4 is 0 Å². The first kappa shape index (κ1) is 25.6. The van der Waals surface area contributed by atoms with Crippen LogP contribution in [0.15, 0.2) is 23.3 Å². The molecule has 0 saturated heterocycles. The summed E-state index contributed by atoms with van der Waals surface area (Å²) in [7, 11) is -2.02. The smallest absolute Gasteiger partial charge is 0.192 e. The molecule has 0 radical (unpaired) electrons. The Morgan fingerprint density at radius 2 is 1.63 bits per heavy atom. The van der Waals surface area contributed by atoms with Gasteiger partial charge in [0, 0.05) is 5.92 Å². The minimum absolute atomic E-state index is 0.0360. The standard InChI is InChI=1S/C27H48O2Si/c1-18-13-12-14-19(2)25(29-30(10,11)27(7,8)9)23-22(26(4,5)6)17-21(16-15-18)20(3)24(23)28/h14-15,20-23,25H,12-13,16-17H2,1-11H3/b18-15-,19-14-/t20?,21-,22-,23+,25-/m0/s1.